The van der Waals surface area contributed by atoms with Crippen LogP contribution in [-0.2, 0) is 0 Å². The molecule has 2 aliphatic rings. The summed E-state index contributed by atoms with van der Waals surface area (Å²) in [5.74, 6) is 1.57. The average molecular weight is 234 g/mol. The molecule has 96 valence electrons. The van der Waals surface area contributed by atoms with Crippen molar-refractivity contribution in [1.29, 1.82) is 0 Å². The fourth-order valence-corrected chi connectivity index (χ4v) is 3.45. The summed E-state index contributed by atoms with van der Waals surface area (Å²) in [6.45, 7) is 19.6. The fourth-order valence-electron chi connectivity index (χ4n) is 3.45. The lowest BCUT2D eigenvalue weighted by atomic mass is 9.63. The molecule has 0 N–H and O–H groups in total. The Morgan fingerprint density at radius 3 is 1.59 bits per heavy atom. The van der Waals surface area contributed by atoms with Crippen LogP contribution < -0.4 is 0 Å². The topological polar surface area (TPSA) is 6.48 Å². The van der Waals surface area contributed by atoms with Gasteiger partial charge in [-0.25, -0.2) is 0 Å². The van der Waals surface area contributed by atoms with Crippen LogP contribution in [0.3, 0.4) is 0 Å². The number of nitrogens with zero attached hydrogens (tertiary/aromatic N) is 2. The number of likely N-dealkylation sites (tertiary alicyclic amines) is 2. The molecule has 0 aliphatic carbocycles. The van der Waals surface area contributed by atoms with Crippen LogP contribution in [0.2, 0.25) is 0 Å². The van der Waals surface area contributed by atoms with E-state index in [2.05, 4.69) is 36.8 Å². The summed E-state index contributed by atoms with van der Waals surface area (Å²) in [6, 6.07) is 0. The van der Waals surface area contributed by atoms with Gasteiger partial charge in [0.1, 0.15) is 0 Å². The second kappa shape index (κ2) is 4.95. The lowest BCUT2D eigenvalue weighted by molar-refractivity contribution is -0.0651. The van der Waals surface area contributed by atoms with Crippen LogP contribution in [0.1, 0.15) is 13.8 Å². The molecule has 2 aliphatic heterocycles. The molecule has 2 heteroatoms. The SMILES string of the molecule is C=CCN1CC2CN(CC=C)CC(C1)C2(C)C. The highest BCUT2D eigenvalue weighted by atomic mass is 15.2. The zero-order valence-corrected chi connectivity index (χ0v) is 11.4. The summed E-state index contributed by atoms with van der Waals surface area (Å²) in [4.78, 5) is 5.14. The van der Waals surface area contributed by atoms with E-state index in [1.54, 1.807) is 0 Å². The van der Waals surface area contributed by atoms with Crippen LogP contribution in [-0.4, -0.2) is 49.1 Å². The van der Waals surface area contributed by atoms with Crippen molar-refractivity contribution < 1.29 is 0 Å². The third kappa shape index (κ3) is 2.48. The third-order valence-electron chi connectivity index (χ3n) is 4.79. The Labute approximate surface area is 106 Å². The molecule has 2 saturated heterocycles. The summed E-state index contributed by atoms with van der Waals surface area (Å²) in [6.07, 6.45) is 4.07. The predicted octanol–water partition coefficient (Wildman–Crippen LogP) is 2.25. The van der Waals surface area contributed by atoms with Crippen LogP contribution in [0, 0.1) is 17.3 Å². The zero-order chi connectivity index (χ0) is 12.5. The molecule has 2 fully saturated rings. The number of hydrogen-bond donors (Lipinski definition) is 0. The molecule has 0 radical (unpaired) electrons. The van der Waals surface area contributed by atoms with E-state index in [9.17, 15) is 0 Å². The molecule has 0 aromatic rings. The number of rotatable bonds is 4. The van der Waals surface area contributed by atoms with E-state index in [4.69, 9.17) is 0 Å². The van der Waals surface area contributed by atoms with Gasteiger partial charge >= 0.3 is 0 Å². The predicted molar refractivity (Wildman–Crippen MR) is 74.0 cm³/mol. The molecule has 0 aromatic carbocycles. The van der Waals surface area contributed by atoms with Gasteiger partial charge in [0.25, 0.3) is 0 Å². The highest BCUT2D eigenvalue weighted by Gasteiger charge is 2.46. The lowest BCUT2D eigenvalue weighted by Gasteiger charge is -2.55. The Hall–Kier alpha value is -0.600. The van der Waals surface area contributed by atoms with E-state index in [1.807, 2.05) is 12.2 Å². The van der Waals surface area contributed by atoms with Gasteiger partial charge in [0, 0.05) is 39.3 Å². The summed E-state index contributed by atoms with van der Waals surface area (Å²) in [5.41, 5.74) is 0.495. The Kier molecular flexibility index (Phi) is 3.74. The average Bonchev–Trinajstić information content (AvgIpc) is 2.22. The van der Waals surface area contributed by atoms with Crippen LogP contribution in [0.15, 0.2) is 25.3 Å². The fraction of sp³-hybridized carbons (Fsp3) is 0.733. The van der Waals surface area contributed by atoms with Gasteiger partial charge in [-0.1, -0.05) is 26.0 Å². The first-order chi connectivity index (χ1) is 8.07. The number of piperidine rings is 2. The highest BCUT2D eigenvalue weighted by molar-refractivity contribution is 5.00. The van der Waals surface area contributed by atoms with Crippen molar-refractivity contribution in [2.45, 2.75) is 13.8 Å². The van der Waals surface area contributed by atoms with Crippen molar-refractivity contribution >= 4 is 0 Å². The summed E-state index contributed by atoms with van der Waals surface area (Å²) in [7, 11) is 0. The van der Waals surface area contributed by atoms with Crippen molar-refractivity contribution in [1.82, 2.24) is 9.80 Å². The van der Waals surface area contributed by atoms with Gasteiger partial charge in [-0.15, -0.1) is 13.2 Å². The number of fused-ring (bicyclic) bond motifs is 2. The Morgan fingerprint density at radius 2 is 1.29 bits per heavy atom. The van der Waals surface area contributed by atoms with Crippen LogP contribution in [0.25, 0.3) is 0 Å². The molecule has 0 amide bonds. The first-order valence-electron chi connectivity index (χ1n) is 6.74. The molecule has 0 unspecified atom stereocenters. The summed E-state index contributed by atoms with van der Waals surface area (Å²) >= 11 is 0. The maximum Gasteiger partial charge on any atom is 0.0160 e. The molecule has 2 rings (SSSR count). The van der Waals surface area contributed by atoms with Crippen molar-refractivity contribution in [3.63, 3.8) is 0 Å². The molecule has 2 heterocycles. The molecule has 17 heavy (non-hydrogen) atoms. The van der Waals surface area contributed by atoms with Crippen LogP contribution in [0.5, 0.6) is 0 Å². The summed E-state index contributed by atoms with van der Waals surface area (Å²) in [5, 5.41) is 0. The van der Waals surface area contributed by atoms with Gasteiger partial charge in [-0.2, -0.15) is 0 Å². The molecule has 0 spiro atoms. The first kappa shape index (κ1) is 12.8. The number of hydrogen-bond acceptors (Lipinski definition) is 2. The standard InChI is InChI=1S/C15H26N2/c1-5-7-16-9-13-11-17(8-6-2)12-14(10-16)15(13,3)4/h5-6,13-14H,1-2,7-12H2,3-4H3. The second-order valence-corrected chi connectivity index (χ2v) is 6.23. The zero-order valence-electron chi connectivity index (χ0n) is 11.4. The monoisotopic (exact) mass is 234 g/mol. The Morgan fingerprint density at radius 1 is 0.941 bits per heavy atom. The minimum atomic E-state index is 0.495. The van der Waals surface area contributed by atoms with Crippen molar-refractivity contribution in [2.24, 2.45) is 17.3 Å². The van der Waals surface area contributed by atoms with E-state index < -0.39 is 0 Å². The molecular formula is C15H26N2. The maximum atomic E-state index is 3.86. The van der Waals surface area contributed by atoms with E-state index in [1.165, 1.54) is 26.2 Å². The minimum Gasteiger partial charge on any atom is -0.299 e. The van der Waals surface area contributed by atoms with E-state index in [0.29, 0.717) is 5.41 Å². The lowest BCUT2D eigenvalue weighted by Crippen LogP contribution is -2.61. The van der Waals surface area contributed by atoms with Crippen molar-refractivity contribution in [2.75, 3.05) is 39.3 Å². The molecular weight excluding hydrogens is 208 g/mol. The smallest absolute Gasteiger partial charge is 0.0160 e. The van der Waals surface area contributed by atoms with Gasteiger partial charge in [0.05, 0.1) is 0 Å². The normalized spacial score (nSPS) is 33.3. The van der Waals surface area contributed by atoms with Gasteiger partial charge < -0.3 is 0 Å². The summed E-state index contributed by atoms with van der Waals surface area (Å²) < 4.78 is 0. The highest BCUT2D eigenvalue weighted by Crippen LogP contribution is 2.44. The van der Waals surface area contributed by atoms with Gasteiger partial charge in [-0.05, 0) is 17.3 Å². The first-order valence-corrected chi connectivity index (χ1v) is 6.74. The molecule has 0 atom stereocenters. The molecule has 2 nitrogen and oxygen atoms in total. The van der Waals surface area contributed by atoms with Gasteiger partial charge in [0.15, 0.2) is 0 Å². The van der Waals surface area contributed by atoms with Gasteiger partial charge in [-0.3, -0.25) is 9.80 Å². The third-order valence-corrected chi connectivity index (χ3v) is 4.79. The van der Waals surface area contributed by atoms with E-state index in [0.717, 1.165) is 24.9 Å². The maximum absolute atomic E-state index is 3.86. The second-order valence-electron chi connectivity index (χ2n) is 6.23. The largest absolute Gasteiger partial charge is 0.299 e. The van der Waals surface area contributed by atoms with Crippen LogP contribution >= 0.6 is 0 Å². The molecule has 2 bridgehead atoms. The minimum absolute atomic E-state index is 0.495. The molecule has 0 saturated carbocycles. The Balaban J connectivity index is 2.08. The van der Waals surface area contributed by atoms with E-state index >= 15 is 0 Å². The van der Waals surface area contributed by atoms with Crippen molar-refractivity contribution in [3.05, 3.63) is 25.3 Å². The molecule has 0 aromatic heterocycles. The quantitative estimate of drug-likeness (QED) is 0.688. The van der Waals surface area contributed by atoms with Crippen molar-refractivity contribution in [3.8, 4) is 0 Å². The van der Waals surface area contributed by atoms with E-state index in [-0.39, 0.29) is 0 Å². The Bertz CT molecular complexity index is 255. The van der Waals surface area contributed by atoms with Crippen LogP contribution in [0.4, 0.5) is 0 Å². The van der Waals surface area contributed by atoms with Gasteiger partial charge in [0.2, 0.25) is 0 Å².